The predicted octanol–water partition coefficient (Wildman–Crippen LogP) is 5.78. The van der Waals surface area contributed by atoms with Crippen molar-refractivity contribution in [2.75, 3.05) is 10.6 Å². The Morgan fingerprint density at radius 1 is 1.04 bits per heavy atom. The van der Waals surface area contributed by atoms with Gasteiger partial charge in [0.2, 0.25) is 0 Å². The van der Waals surface area contributed by atoms with Crippen molar-refractivity contribution in [2.24, 2.45) is 0 Å². The molecule has 0 saturated carbocycles. The molecular weight excluding hydrogens is 420 g/mol. The largest absolute Gasteiger partial charge is 0.332 e. The fourth-order valence-corrected chi connectivity index (χ4v) is 2.41. The lowest BCUT2D eigenvalue weighted by Gasteiger charge is -2.14. The first-order chi connectivity index (χ1) is 10.7. The highest BCUT2D eigenvalue weighted by atomic mass is 79.9. The third kappa shape index (κ3) is 3.76. The standard InChI is InChI=1S/C14H8BrClF4N2S/c1-5-2-3-6(4-7(5)16)21-14(23)22-13-11(19)9(17)8(15)10(18)12(13)20/h2-4H,1H3,(H2,21,22,23). The Balaban J connectivity index is 2.25. The average Bonchev–Trinajstić information content (AvgIpc) is 2.51. The number of halogens is 6. The summed E-state index contributed by atoms with van der Waals surface area (Å²) in [6, 6.07) is 4.87. The van der Waals surface area contributed by atoms with Crippen LogP contribution >= 0.6 is 39.7 Å². The third-order valence-corrected chi connectivity index (χ3v) is 4.19. The van der Waals surface area contributed by atoms with Gasteiger partial charge in [-0.2, -0.15) is 0 Å². The second-order valence-electron chi connectivity index (χ2n) is 4.49. The minimum Gasteiger partial charge on any atom is -0.332 e. The van der Waals surface area contributed by atoms with Crippen molar-refractivity contribution in [3.63, 3.8) is 0 Å². The van der Waals surface area contributed by atoms with Crippen LogP contribution in [0.3, 0.4) is 0 Å². The summed E-state index contributed by atoms with van der Waals surface area (Å²) in [6.45, 7) is 1.79. The first-order valence-corrected chi connectivity index (χ1v) is 7.66. The lowest BCUT2D eigenvalue weighted by atomic mass is 10.2. The summed E-state index contributed by atoms with van der Waals surface area (Å²) in [5.41, 5.74) is 0.237. The fourth-order valence-electron chi connectivity index (χ4n) is 1.66. The Morgan fingerprint density at radius 3 is 2.13 bits per heavy atom. The minimum absolute atomic E-state index is 0.260. The van der Waals surface area contributed by atoms with Crippen LogP contribution in [-0.4, -0.2) is 5.11 Å². The molecule has 0 heterocycles. The average molecular weight is 428 g/mol. The van der Waals surface area contributed by atoms with E-state index in [-0.39, 0.29) is 5.11 Å². The van der Waals surface area contributed by atoms with Crippen LogP contribution in [0.15, 0.2) is 22.7 Å². The molecule has 2 aromatic rings. The molecule has 0 aliphatic heterocycles. The van der Waals surface area contributed by atoms with Crippen LogP contribution in [0.1, 0.15) is 5.56 Å². The van der Waals surface area contributed by atoms with Gasteiger partial charge in [0.15, 0.2) is 28.4 Å². The summed E-state index contributed by atoms with van der Waals surface area (Å²) in [7, 11) is 0. The molecular formula is C14H8BrClF4N2S. The van der Waals surface area contributed by atoms with Crippen molar-refractivity contribution in [3.05, 3.63) is 56.5 Å². The number of thiocarbonyl (C=S) groups is 1. The maximum Gasteiger partial charge on any atom is 0.186 e. The predicted molar refractivity (Wildman–Crippen MR) is 90.0 cm³/mol. The van der Waals surface area contributed by atoms with Gasteiger partial charge < -0.3 is 10.6 Å². The topological polar surface area (TPSA) is 24.1 Å². The van der Waals surface area contributed by atoms with Gasteiger partial charge >= 0.3 is 0 Å². The summed E-state index contributed by atoms with van der Waals surface area (Å²) >= 11 is 13.2. The number of aryl methyl sites for hydroxylation is 1. The van der Waals surface area contributed by atoms with Crippen LogP contribution in [-0.2, 0) is 0 Å². The molecule has 0 radical (unpaired) electrons. The van der Waals surface area contributed by atoms with Crippen molar-refractivity contribution in [3.8, 4) is 0 Å². The molecule has 2 aromatic carbocycles. The second kappa shape index (κ2) is 7.02. The first kappa shape index (κ1) is 18.0. The molecule has 0 aromatic heterocycles. The Hall–Kier alpha value is -1.38. The van der Waals surface area contributed by atoms with Gasteiger partial charge in [0.25, 0.3) is 0 Å². The summed E-state index contributed by atoms with van der Waals surface area (Å²) in [6.07, 6.45) is 0. The number of benzene rings is 2. The van der Waals surface area contributed by atoms with Gasteiger partial charge in [0.05, 0.1) is 4.47 Å². The fraction of sp³-hybridized carbons (Fsp3) is 0.0714. The maximum atomic E-state index is 13.7. The quantitative estimate of drug-likeness (QED) is 0.275. The van der Waals surface area contributed by atoms with E-state index < -0.39 is 33.4 Å². The molecule has 2 nitrogen and oxygen atoms in total. The van der Waals surface area contributed by atoms with Crippen molar-refractivity contribution in [1.29, 1.82) is 0 Å². The van der Waals surface area contributed by atoms with Crippen LogP contribution in [0.4, 0.5) is 28.9 Å². The highest BCUT2D eigenvalue weighted by Crippen LogP contribution is 2.31. The molecule has 0 spiro atoms. The highest BCUT2D eigenvalue weighted by molar-refractivity contribution is 9.10. The second-order valence-corrected chi connectivity index (χ2v) is 6.10. The Labute approximate surface area is 148 Å². The van der Waals surface area contributed by atoms with Crippen LogP contribution in [0.2, 0.25) is 5.02 Å². The van der Waals surface area contributed by atoms with Crippen LogP contribution in [0, 0.1) is 30.2 Å². The van der Waals surface area contributed by atoms with E-state index in [0.29, 0.717) is 10.7 Å². The molecule has 9 heteroatoms. The number of hydrogen-bond donors (Lipinski definition) is 2. The van der Waals surface area contributed by atoms with Crippen molar-refractivity contribution >= 4 is 56.2 Å². The lowest BCUT2D eigenvalue weighted by Crippen LogP contribution is -2.21. The maximum absolute atomic E-state index is 13.7. The van der Waals surface area contributed by atoms with Gasteiger partial charge in [-0.1, -0.05) is 17.7 Å². The van der Waals surface area contributed by atoms with E-state index in [0.717, 1.165) is 5.56 Å². The number of anilines is 2. The molecule has 0 aliphatic carbocycles. The zero-order valence-corrected chi connectivity index (χ0v) is 14.6. The number of hydrogen-bond acceptors (Lipinski definition) is 1. The molecule has 0 aliphatic rings. The van der Waals surface area contributed by atoms with Crippen molar-refractivity contribution < 1.29 is 17.6 Å². The first-order valence-electron chi connectivity index (χ1n) is 6.08. The van der Waals surface area contributed by atoms with Crippen molar-refractivity contribution in [2.45, 2.75) is 6.92 Å². The van der Waals surface area contributed by atoms with Gasteiger partial charge in [-0.05, 0) is 52.8 Å². The van der Waals surface area contributed by atoms with E-state index in [9.17, 15) is 17.6 Å². The van der Waals surface area contributed by atoms with Gasteiger partial charge in [-0.25, -0.2) is 17.6 Å². The third-order valence-electron chi connectivity index (χ3n) is 2.88. The summed E-state index contributed by atoms with van der Waals surface area (Å²) in [5, 5.41) is 4.90. The van der Waals surface area contributed by atoms with Crippen LogP contribution in [0.5, 0.6) is 0 Å². The molecule has 122 valence electrons. The molecule has 2 N–H and O–H groups in total. The van der Waals surface area contributed by atoms with E-state index in [1.54, 1.807) is 25.1 Å². The van der Waals surface area contributed by atoms with Gasteiger partial charge in [0, 0.05) is 10.7 Å². The van der Waals surface area contributed by atoms with Crippen LogP contribution < -0.4 is 10.6 Å². The van der Waals surface area contributed by atoms with E-state index in [1.165, 1.54) is 0 Å². The molecule has 23 heavy (non-hydrogen) atoms. The smallest absolute Gasteiger partial charge is 0.186 e. The minimum atomic E-state index is -1.60. The zero-order chi connectivity index (χ0) is 17.3. The molecule has 0 atom stereocenters. The molecule has 0 bridgehead atoms. The zero-order valence-electron chi connectivity index (χ0n) is 11.4. The molecule has 0 unspecified atom stereocenters. The van der Waals surface area contributed by atoms with Gasteiger partial charge in [-0.15, -0.1) is 0 Å². The van der Waals surface area contributed by atoms with Gasteiger partial charge in [0.1, 0.15) is 5.69 Å². The lowest BCUT2D eigenvalue weighted by molar-refractivity contribution is 0.452. The summed E-state index contributed by atoms with van der Waals surface area (Å²) in [5.74, 6) is -6.32. The normalized spacial score (nSPS) is 10.6. The van der Waals surface area contributed by atoms with E-state index in [2.05, 4.69) is 26.6 Å². The van der Waals surface area contributed by atoms with E-state index in [1.807, 2.05) is 0 Å². The van der Waals surface area contributed by atoms with E-state index in [4.69, 9.17) is 23.8 Å². The number of rotatable bonds is 2. The monoisotopic (exact) mass is 426 g/mol. The van der Waals surface area contributed by atoms with Crippen molar-refractivity contribution in [1.82, 2.24) is 0 Å². The molecule has 0 fully saturated rings. The molecule has 0 amide bonds. The molecule has 2 rings (SSSR count). The highest BCUT2D eigenvalue weighted by Gasteiger charge is 2.24. The Morgan fingerprint density at radius 2 is 1.61 bits per heavy atom. The Kier molecular flexibility index (Phi) is 5.49. The molecule has 0 saturated heterocycles. The Bertz CT molecular complexity index is 772. The SMILES string of the molecule is Cc1ccc(NC(=S)Nc2c(F)c(F)c(Br)c(F)c2F)cc1Cl. The summed E-state index contributed by atoms with van der Waals surface area (Å²) in [4.78, 5) is 0. The van der Waals surface area contributed by atoms with Gasteiger partial charge in [-0.3, -0.25) is 0 Å². The van der Waals surface area contributed by atoms with Crippen LogP contribution in [0.25, 0.3) is 0 Å². The summed E-state index contributed by atoms with van der Waals surface area (Å²) < 4.78 is 53.5. The van der Waals surface area contributed by atoms with E-state index >= 15 is 0 Å². The number of nitrogens with one attached hydrogen (secondary N) is 2.